The summed E-state index contributed by atoms with van der Waals surface area (Å²) in [5, 5.41) is 3.00. The van der Waals surface area contributed by atoms with Gasteiger partial charge in [0.1, 0.15) is 17.6 Å². The molecule has 5 rings (SSSR count). The fourth-order valence-electron chi connectivity index (χ4n) is 4.63. The fraction of sp³-hybridized carbons (Fsp3) is 0.250. The average molecular weight is 469 g/mol. The number of carbonyl (C=O) groups excluding carboxylic acids is 2. The van der Waals surface area contributed by atoms with Gasteiger partial charge < -0.3 is 14.6 Å². The topological polar surface area (TPSA) is 76.5 Å². The molecule has 3 aromatic carbocycles. The highest BCUT2D eigenvalue weighted by Crippen LogP contribution is 2.34. The maximum absolute atomic E-state index is 13.3. The van der Waals surface area contributed by atoms with E-state index < -0.39 is 6.04 Å². The normalized spacial score (nSPS) is 13.9. The van der Waals surface area contributed by atoms with Crippen LogP contribution in [0.5, 0.6) is 5.75 Å². The SMILES string of the molecule is CCC(C(=O)Nc1ccc2c(c1)nc(CCc1ccccc1)n2C)N1C(=O)COc2ccccc21. The number of ether oxygens (including phenoxy) is 1. The minimum atomic E-state index is -0.645. The third-order valence-electron chi connectivity index (χ3n) is 6.47. The highest BCUT2D eigenvalue weighted by molar-refractivity contribution is 6.07. The Morgan fingerprint density at radius 2 is 1.83 bits per heavy atom. The van der Waals surface area contributed by atoms with Crippen LogP contribution in [0.1, 0.15) is 24.7 Å². The summed E-state index contributed by atoms with van der Waals surface area (Å²) in [4.78, 5) is 32.4. The molecule has 0 radical (unpaired) electrons. The lowest BCUT2D eigenvalue weighted by molar-refractivity contribution is -0.125. The first-order valence-electron chi connectivity index (χ1n) is 11.9. The van der Waals surface area contributed by atoms with Crippen molar-refractivity contribution in [2.75, 3.05) is 16.8 Å². The van der Waals surface area contributed by atoms with Crippen molar-refractivity contribution in [3.63, 3.8) is 0 Å². The predicted molar refractivity (Wildman–Crippen MR) is 137 cm³/mol. The molecule has 0 aliphatic carbocycles. The van der Waals surface area contributed by atoms with Crippen LogP contribution in [0.4, 0.5) is 11.4 Å². The van der Waals surface area contributed by atoms with E-state index in [0.717, 1.165) is 29.7 Å². The molecule has 0 fully saturated rings. The van der Waals surface area contributed by atoms with Crippen molar-refractivity contribution in [3.8, 4) is 5.75 Å². The van der Waals surface area contributed by atoms with Crippen LogP contribution in [0.3, 0.4) is 0 Å². The van der Waals surface area contributed by atoms with Gasteiger partial charge in [-0.3, -0.25) is 14.5 Å². The number of amides is 2. The molecule has 0 bridgehead atoms. The summed E-state index contributed by atoms with van der Waals surface area (Å²) in [6.07, 6.45) is 2.21. The number of nitrogens with zero attached hydrogens (tertiary/aromatic N) is 3. The van der Waals surface area contributed by atoms with E-state index in [-0.39, 0.29) is 18.4 Å². The molecule has 2 heterocycles. The van der Waals surface area contributed by atoms with E-state index in [9.17, 15) is 9.59 Å². The zero-order chi connectivity index (χ0) is 24.4. The number of hydrogen-bond donors (Lipinski definition) is 1. The zero-order valence-electron chi connectivity index (χ0n) is 19.9. The maximum Gasteiger partial charge on any atom is 0.265 e. The van der Waals surface area contributed by atoms with Gasteiger partial charge >= 0.3 is 0 Å². The maximum atomic E-state index is 13.3. The molecule has 1 unspecified atom stereocenters. The zero-order valence-corrected chi connectivity index (χ0v) is 19.9. The third kappa shape index (κ3) is 4.49. The summed E-state index contributed by atoms with van der Waals surface area (Å²) in [6, 6.07) is 22.8. The summed E-state index contributed by atoms with van der Waals surface area (Å²) < 4.78 is 7.63. The monoisotopic (exact) mass is 468 g/mol. The molecule has 0 spiro atoms. The van der Waals surface area contributed by atoms with Crippen LogP contribution in [0.25, 0.3) is 11.0 Å². The Morgan fingerprint density at radius 3 is 2.63 bits per heavy atom. The molecule has 7 nitrogen and oxygen atoms in total. The quantitative estimate of drug-likeness (QED) is 0.433. The van der Waals surface area contributed by atoms with Crippen LogP contribution in [0.2, 0.25) is 0 Å². The molecule has 0 saturated heterocycles. The Kier molecular flexibility index (Phi) is 6.23. The Balaban J connectivity index is 1.35. The summed E-state index contributed by atoms with van der Waals surface area (Å²) in [5.41, 5.74) is 4.39. The van der Waals surface area contributed by atoms with Crippen LogP contribution in [-0.4, -0.2) is 34.0 Å². The van der Waals surface area contributed by atoms with Crippen molar-refractivity contribution >= 4 is 34.2 Å². The van der Waals surface area contributed by atoms with E-state index in [1.807, 2.05) is 68.6 Å². The van der Waals surface area contributed by atoms with E-state index in [0.29, 0.717) is 23.5 Å². The molecule has 7 heteroatoms. The number of para-hydroxylation sites is 2. The third-order valence-corrected chi connectivity index (χ3v) is 6.47. The number of hydrogen-bond acceptors (Lipinski definition) is 4. The van der Waals surface area contributed by atoms with E-state index >= 15 is 0 Å². The fourth-order valence-corrected chi connectivity index (χ4v) is 4.63. The summed E-state index contributed by atoms with van der Waals surface area (Å²) >= 11 is 0. The van der Waals surface area contributed by atoms with Crippen molar-refractivity contribution in [3.05, 3.63) is 84.2 Å². The van der Waals surface area contributed by atoms with Crippen LogP contribution >= 0.6 is 0 Å². The standard InChI is InChI=1S/C28H28N4O3/c1-3-22(32-24-11-7-8-12-25(24)35-18-27(32)33)28(34)29-20-14-15-23-21(17-20)30-26(31(23)2)16-13-19-9-5-4-6-10-19/h4-12,14-15,17,22H,3,13,16,18H2,1-2H3,(H,29,34). The lowest BCUT2D eigenvalue weighted by Crippen LogP contribution is -2.51. The molecule has 2 amide bonds. The minimum absolute atomic E-state index is 0.0769. The van der Waals surface area contributed by atoms with E-state index in [1.54, 1.807) is 11.0 Å². The number of aryl methyl sites for hydroxylation is 3. The van der Waals surface area contributed by atoms with Crippen molar-refractivity contribution in [1.29, 1.82) is 0 Å². The first-order chi connectivity index (χ1) is 17.0. The lowest BCUT2D eigenvalue weighted by Gasteiger charge is -2.34. The van der Waals surface area contributed by atoms with Crippen LogP contribution in [0.15, 0.2) is 72.8 Å². The molecule has 1 aliphatic heterocycles. The second kappa shape index (κ2) is 9.62. The van der Waals surface area contributed by atoms with Gasteiger partial charge in [0.2, 0.25) is 5.91 Å². The van der Waals surface area contributed by atoms with Gasteiger partial charge in [-0.15, -0.1) is 0 Å². The summed E-state index contributed by atoms with van der Waals surface area (Å²) in [5.74, 6) is 1.14. The first-order valence-corrected chi connectivity index (χ1v) is 11.9. The van der Waals surface area contributed by atoms with Gasteiger partial charge in [0.15, 0.2) is 6.61 Å². The Hall–Kier alpha value is -4.13. The van der Waals surface area contributed by atoms with Crippen molar-refractivity contribution < 1.29 is 14.3 Å². The Bertz CT molecular complexity index is 1380. The summed E-state index contributed by atoms with van der Waals surface area (Å²) in [7, 11) is 2.02. The van der Waals surface area contributed by atoms with E-state index in [4.69, 9.17) is 9.72 Å². The van der Waals surface area contributed by atoms with E-state index in [2.05, 4.69) is 22.0 Å². The number of carbonyl (C=O) groups is 2. The second-order valence-corrected chi connectivity index (χ2v) is 8.71. The Labute approximate surface area is 204 Å². The molecule has 1 N–H and O–H groups in total. The van der Waals surface area contributed by atoms with Gasteiger partial charge in [-0.05, 0) is 48.7 Å². The highest BCUT2D eigenvalue weighted by atomic mass is 16.5. The number of benzene rings is 3. The van der Waals surface area contributed by atoms with Crippen molar-refractivity contribution in [2.45, 2.75) is 32.2 Å². The molecule has 1 aliphatic rings. The highest BCUT2D eigenvalue weighted by Gasteiger charge is 2.34. The lowest BCUT2D eigenvalue weighted by atomic mass is 10.1. The number of nitrogens with one attached hydrogen (secondary N) is 1. The van der Waals surface area contributed by atoms with Gasteiger partial charge in [-0.1, -0.05) is 49.4 Å². The van der Waals surface area contributed by atoms with Gasteiger partial charge in [-0.25, -0.2) is 4.98 Å². The molecule has 1 atom stereocenters. The Morgan fingerprint density at radius 1 is 1.06 bits per heavy atom. The molecule has 178 valence electrons. The number of imidazole rings is 1. The van der Waals surface area contributed by atoms with Crippen LogP contribution in [-0.2, 0) is 29.5 Å². The van der Waals surface area contributed by atoms with Crippen molar-refractivity contribution in [2.24, 2.45) is 7.05 Å². The largest absolute Gasteiger partial charge is 0.482 e. The van der Waals surface area contributed by atoms with Crippen LogP contribution in [0, 0.1) is 0 Å². The molecular formula is C28H28N4O3. The van der Waals surface area contributed by atoms with Gasteiger partial charge in [0.05, 0.1) is 16.7 Å². The average Bonchev–Trinajstić information content (AvgIpc) is 3.19. The molecular weight excluding hydrogens is 440 g/mol. The molecule has 1 aromatic heterocycles. The van der Waals surface area contributed by atoms with Crippen LogP contribution < -0.4 is 15.0 Å². The smallest absolute Gasteiger partial charge is 0.265 e. The number of fused-ring (bicyclic) bond motifs is 2. The predicted octanol–water partition coefficient (Wildman–Crippen LogP) is 4.50. The number of rotatable bonds is 7. The molecule has 0 saturated carbocycles. The van der Waals surface area contributed by atoms with Gasteiger partial charge in [0, 0.05) is 19.2 Å². The summed E-state index contributed by atoms with van der Waals surface area (Å²) in [6.45, 7) is 1.82. The molecule has 4 aromatic rings. The first kappa shape index (κ1) is 22.7. The van der Waals surface area contributed by atoms with E-state index in [1.165, 1.54) is 5.56 Å². The van der Waals surface area contributed by atoms with Crippen molar-refractivity contribution in [1.82, 2.24) is 9.55 Å². The molecule has 35 heavy (non-hydrogen) atoms. The second-order valence-electron chi connectivity index (χ2n) is 8.71. The van der Waals surface area contributed by atoms with Gasteiger partial charge in [-0.2, -0.15) is 0 Å². The number of aromatic nitrogens is 2. The van der Waals surface area contributed by atoms with Gasteiger partial charge in [0.25, 0.3) is 5.91 Å². The number of anilines is 2. The minimum Gasteiger partial charge on any atom is -0.482 e.